The van der Waals surface area contributed by atoms with Gasteiger partial charge in [-0.2, -0.15) is 0 Å². The highest BCUT2D eigenvalue weighted by Gasteiger charge is 2.07. The molecule has 0 fully saturated rings. The lowest BCUT2D eigenvalue weighted by molar-refractivity contribution is 1.29. The van der Waals surface area contributed by atoms with Crippen LogP contribution in [0.5, 0.6) is 0 Å². The number of H-pyrrole nitrogens is 1. The van der Waals surface area contributed by atoms with Gasteiger partial charge in [0.15, 0.2) is 5.65 Å². The van der Waals surface area contributed by atoms with Gasteiger partial charge in [0.1, 0.15) is 5.52 Å². The average Bonchev–Trinajstić information content (AvgIpc) is 2.74. The van der Waals surface area contributed by atoms with E-state index in [-0.39, 0.29) is 0 Å². The summed E-state index contributed by atoms with van der Waals surface area (Å²) < 4.78 is 0. The molecular formula is C15H14ClN3. The van der Waals surface area contributed by atoms with Crippen LogP contribution in [0, 0.1) is 6.92 Å². The summed E-state index contributed by atoms with van der Waals surface area (Å²) in [6.07, 6.45) is 4.08. The summed E-state index contributed by atoms with van der Waals surface area (Å²) >= 11 is 6.14. The zero-order valence-corrected chi connectivity index (χ0v) is 11.8. The zero-order valence-electron chi connectivity index (χ0n) is 11.1. The molecule has 0 saturated heterocycles. The Morgan fingerprint density at radius 2 is 1.84 bits per heavy atom. The molecule has 0 amide bonds. The number of aromatic nitrogens is 3. The summed E-state index contributed by atoms with van der Waals surface area (Å²) in [6, 6.07) is 3.84. The molecule has 0 radical (unpaired) electrons. The highest BCUT2D eigenvalue weighted by Crippen LogP contribution is 2.21. The second-order valence-electron chi connectivity index (χ2n) is 4.54. The molecule has 19 heavy (non-hydrogen) atoms. The smallest absolute Gasteiger partial charge is 0.157 e. The molecule has 2 heterocycles. The minimum absolute atomic E-state index is 0.720. The maximum absolute atomic E-state index is 6.14. The Balaban J connectivity index is 2.55. The maximum atomic E-state index is 6.14. The minimum Gasteiger partial charge on any atom is -0.338 e. The van der Waals surface area contributed by atoms with Gasteiger partial charge in [-0.3, -0.25) is 0 Å². The lowest BCUT2D eigenvalue weighted by Gasteiger charge is -2.01. The Labute approximate surface area is 115 Å². The van der Waals surface area contributed by atoms with E-state index in [4.69, 9.17) is 16.6 Å². The van der Waals surface area contributed by atoms with E-state index in [1.807, 2.05) is 39.0 Å². The Morgan fingerprint density at radius 3 is 2.53 bits per heavy atom. The molecule has 0 unspecified atom stereocenters. The van der Waals surface area contributed by atoms with E-state index in [1.165, 1.54) is 0 Å². The number of rotatable bonds is 0. The van der Waals surface area contributed by atoms with Crippen molar-refractivity contribution in [2.24, 2.45) is 0 Å². The van der Waals surface area contributed by atoms with Crippen molar-refractivity contribution < 1.29 is 0 Å². The van der Waals surface area contributed by atoms with E-state index >= 15 is 0 Å². The van der Waals surface area contributed by atoms with Crippen molar-refractivity contribution in [1.82, 2.24) is 15.0 Å². The van der Waals surface area contributed by atoms with Crippen molar-refractivity contribution in [3.63, 3.8) is 0 Å². The quantitative estimate of drug-likeness (QED) is 0.683. The van der Waals surface area contributed by atoms with Crippen LogP contribution in [-0.4, -0.2) is 15.0 Å². The topological polar surface area (TPSA) is 41.6 Å². The van der Waals surface area contributed by atoms with Crippen LogP contribution >= 0.6 is 11.6 Å². The van der Waals surface area contributed by atoms with Crippen LogP contribution in [0.2, 0.25) is 5.02 Å². The molecular weight excluding hydrogens is 258 g/mol. The lowest BCUT2D eigenvalue weighted by atomic mass is 10.2. The SMILES string of the molecule is C/C=c1\c(=C/C)[nH]c2nc3cc(Cl)c(C)cc3nc12. The fraction of sp³-hybridized carbons (Fsp3) is 0.200. The first-order valence-electron chi connectivity index (χ1n) is 6.22. The van der Waals surface area contributed by atoms with Gasteiger partial charge in [0.25, 0.3) is 0 Å². The van der Waals surface area contributed by atoms with Crippen LogP contribution in [0.3, 0.4) is 0 Å². The number of fused-ring (bicyclic) bond motifs is 2. The lowest BCUT2D eigenvalue weighted by Crippen LogP contribution is -2.21. The third kappa shape index (κ3) is 1.81. The summed E-state index contributed by atoms with van der Waals surface area (Å²) in [5.74, 6) is 0. The van der Waals surface area contributed by atoms with Crippen molar-refractivity contribution >= 4 is 46.0 Å². The van der Waals surface area contributed by atoms with Crippen LogP contribution in [0.25, 0.3) is 34.3 Å². The van der Waals surface area contributed by atoms with Crippen molar-refractivity contribution in [2.75, 3.05) is 0 Å². The standard InChI is InChI=1S/C15H14ClN3/c1-4-9-11(5-2)18-15-14(9)17-12-6-8(3)10(16)7-13(12)19-15/h4-7H,1-3H3,(H,18,19)/b9-4+,11-5+. The summed E-state index contributed by atoms with van der Waals surface area (Å²) in [4.78, 5) is 12.6. The van der Waals surface area contributed by atoms with Crippen LogP contribution < -0.4 is 10.6 Å². The van der Waals surface area contributed by atoms with Gasteiger partial charge in [0.05, 0.1) is 11.0 Å². The van der Waals surface area contributed by atoms with Gasteiger partial charge in [-0.15, -0.1) is 0 Å². The molecule has 3 nitrogen and oxygen atoms in total. The highest BCUT2D eigenvalue weighted by atomic mass is 35.5. The number of hydrogen-bond acceptors (Lipinski definition) is 2. The Hall–Kier alpha value is -1.87. The van der Waals surface area contributed by atoms with Gasteiger partial charge in [-0.05, 0) is 38.5 Å². The maximum Gasteiger partial charge on any atom is 0.157 e. The third-order valence-corrected chi connectivity index (χ3v) is 3.73. The number of benzene rings is 1. The van der Waals surface area contributed by atoms with E-state index in [0.29, 0.717) is 0 Å². The predicted molar refractivity (Wildman–Crippen MR) is 80.7 cm³/mol. The van der Waals surface area contributed by atoms with Crippen molar-refractivity contribution in [3.8, 4) is 0 Å². The van der Waals surface area contributed by atoms with Crippen LogP contribution in [0.4, 0.5) is 0 Å². The fourth-order valence-electron chi connectivity index (χ4n) is 2.30. The fourth-order valence-corrected chi connectivity index (χ4v) is 2.46. The van der Waals surface area contributed by atoms with Gasteiger partial charge < -0.3 is 4.98 Å². The predicted octanol–water partition coefficient (Wildman–Crippen LogP) is 2.67. The summed E-state index contributed by atoms with van der Waals surface area (Å²) in [5.41, 5.74) is 4.41. The minimum atomic E-state index is 0.720. The second kappa shape index (κ2) is 4.35. The molecule has 1 N–H and O–H groups in total. The number of aryl methyl sites for hydroxylation is 1. The zero-order chi connectivity index (χ0) is 13.6. The highest BCUT2D eigenvalue weighted by molar-refractivity contribution is 6.32. The Bertz CT molecular complexity index is 907. The molecule has 4 heteroatoms. The van der Waals surface area contributed by atoms with Crippen LogP contribution in [0.15, 0.2) is 12.1 Å². The van der Waals surface area contributed by atoms with Crippen LogP contribution in [-0.2, 0) is 0 Å². The first-order valence-corrected chi connectivity index (χ1v) is 6.60. The molecule has 3 aromatic rings. The van der Waals surface area contributed by atoms with E-state index in [0.717, 1.165) is 43.4 Å². The number of halogens is 1. The summed E-state index contributed by atoms with van der Waals surface area (Å²) in [5, 5.41) is 2.87. The van der Waals surface area contributed by atoms with Crippen LogP contribution in [0.1, 0.15) is 19.4 Å². The van der Waals surface area contributed by atoms with E-state index in [1.54, 1.807) is 0 Å². The third-order valence-electron chi connectivity index (χ3n) is 3.32. The molecule has 3 rings (SSSR count). The van der Waals surface area contributed by atoms with E-state index in [2.05, 4.69) is 16.0 Å². The largest absolute Gasteiger partial charge is 0.338 e. The number of hydrogen-bond donors (Lipinski definition) is 1. The van der Waals surface area contributed by atoms with Gasteiger partial charge in [-0.25, -0.2) is 9.97 Å². The Kier molecular flexibility index (Phi) is 2.79. The molecule has 0 aliphatic carbocycles. The van der Waals surface area contributed by atoms with Crippen molar-refractivity contribution in [1.29, 1.82) is 0 Å². The molecule has 2 aromatic heterocycles. The molecule has 0 saturated carbocycles. The second-order valence-corrected chi connectivity index (χ2v) is 4.95. The molecule has 0 aliphatic rings. The monoisotopic (exact) mass is 271 g/mol. The molecule has 0 aliphatic heterocycles. The van der Waals surface area contributed by atoms with Crippen molar-refractivity contribution in [2.45, 2.75) is 20.8 Å². The van der Waals surface area contributed by atoms with Gasteiger partial charge in [0.2, 0.25) is 0 Å². The summed E-state index contributed by atoms with van der Waals surface area (Å²) in [7, 11) is 0. The van der Waals surface area contributed by atoms with Gasteiger partial charge in [0, 0.05) is 15.6 Å². The number of aromatic amines is 1. The first kappa shape index (κ1) is 12.2. The average molecular weight is 272 g/mol. The molecule has 0 bridgehead atoms. The van der Waals surface area contributed by atoms with Crippen molar-refractivity contribution in [3.05, 3.63) is 33.3 Å². The number of nitrogens with zero attached hydrogens (tertiary/aromatic N) is 2. The van der Waals surface area contributed by atoms with Gasteiger partial charge >= 0.3 is 0 Å². The first-order chi connectivity index (χ1) is 9.13. The van der Waals surface area contributed by atoms with Gasteiger partial charge in [-0.1, -0.05) is 23.8 Å². The Morgan fingerprint density at radius 1 is 1.11 bits per heavy atom. The molecule has 0 spiro atoms. The normalized spacial score (nSPS) is 13.9. The number of nitrogens with one attached hydrogen (secondary N) is 1. The summed E-state index contributed by atoms with van der Waals surface area (Å²) in [6.45, 7) is 5.98. The molecule has 96 valence electrons. The van der Waals surface area contributed by atoms with E-state index < -0.39 is 0 Å². The molecule has 0 atom stereocenters. The van der Waals surface area contributed by atoms with E-state index in [9.17, 15) is 0 Å². The molecule has 1 aromatic carbocycles.